The number of benzene rings is 2. The molecule has 0 spiro atoms. The maximum atomic E-state index is 12.5. The van der Waals surface area contributed by atoms with Crippen LogP contribution in [0.5, 0.6) is 0 Å². The first-order valence-corrected chi connectivity index (χ1v) is 9.36. The third-order valence-electron chi connectivity index (χ3n) is 4.46. The molecule has 0 atom stereocenters. The summed E-state index contributed by atoms with van der Waals surface area (Å²) in [4.78, 5) is 12.5. The maximum Gasteiger partial charge on any atom is 0.291 e. The molecule has 25 heavy (non-hydrogen) atoms. The average molecular weight is 356 g/mol. The molecule has 1 aliphatic rings. The highest BCUT2D eigenvalue weighted by molar-refractivity contribution is 7.89. The van der Waals surface area contributed by atoms with Crippen LogP contribution in [0.25, 0.3) is 10.8 Å². The van der Waals surface area contributed by atoms with Crippen molar-refractivity contribution in [2.45, 2.75) is 17.9 Å². The predicted octanol–water partition coefficient (Wildman–Crippen LogP) is 2.69. The minimum atomic E-state index is -3.72. The van der Waals surface area contributed by atoms with Crippen molar-refractivity contribution in [3.05, 3.63) is 59.4 Å². The second kappa shape index (κ2) is 5.72. The monoisotopic (exact) mass is 356 g/mol. The van der Waals surface area contributed by atoms with Crippen LogP contribution in [0.1, 0.15) is 21.7 Å². The average Bonchev–Trinajstić information content (AvgIpc) is 3.26. The van der Waals surface area contributed by atoms with Gasteiger partial charge in [-0.3, -0.25) is 4.79 Å². The van der Waals surface area contributed by atoms with E-state index in [1.165, 1.54) is 35.7 Å². The fraction of sp³-hybridized carbons (Fsp3) is 0.167. The summed E-state index contributed by atoms with van der Waals surface area (Å²) in [5.74, 6) is -0.548. The van der Waals surface area contributed by atoms with Crippen molar-refractivity contribution in [3.63, 3.8) is 0 Å². The van der Waals surface area contributed by atoms with Crippen LogP contribution in [-0.4, -0.2) is 21.4 Å². The number of sulfonamides is 1. The Bertz CT molecular complexity index is 1090. The van der Waals surface area contributed by atoms with Gasteiger partial charge in [-0.1, -0.05) is 24.3 Å². The molecule has 1 aliphatic carbocycles. The lowest BCUT2D eigenvalue weighted by Crippen LogP contribution is -2.18. The standard InChI is InChI=1S/C18H16N2O4S/c1-19-25(22,23)16-10-9-15(24-16)18(21)20-14-8-7-12-6-5-11-3-2-4-13(14)17(11)12/h2-4,7-10,19H,5-6H2,1H3,(H,20,21). The molecule has 2 N–H and O–H groups in total. The van der Waals surface area contributed by atoms with E-state index < -0.39 is 15.9 Å². The molecule has 7 heteroatoms. The summed E-state index contributed by atoms with van der Waals surface area (Å²) in [5.41, 5.74) is 3.25. The summed E-state index contributed by atoms with van der Waals surface area (Å²) in [5, 5.41) is 4.70. The molecule has 0 aliphatic heterocycles. The molecular weight excluding hydrogens is 340 g/mol. The van der Waals surface area contributed by atoms with Crippen LogP contribution >= 0.6 is 0 Å². The molecule has 0 unspecified atom stereocenters. The van der Waals surface area contributed by atoms with Crippen molar-refractivity contribution < 1.29 is 17.6 Å². The summed E-state index contributed by atoms with van der Waals surface area (Å²) < 4.78 is 30.8. The van der Waals surface area contributed by atoms with Crippen LogP contribution in [0.3, 0.4) is 0 Å². The molecule has 1 amide bonds. The second-order valence-corrected chi connectivity index (χ2v) is 7.71. The molecule has 1 heterocycles. The van der Waals surface area contributed by atoms with Crippen LogP contribution in [0, 0.1) is 0 Å². The van der Waals surface area contributed by atoms with Gasteiger partial charge in [0.25, 0.3) is 15.9 Å². The molecule has 0 saturated carbocycles. The highest BCUT2D eigenvalue weighted by Crippen LogP contribution is 2.35. The molecule has 2 aromatic carbocycles. The first kappa shape index (κ1) is 15.9. The third-order valence-corrected chi connectivity index (χ3v) is 5.75. The SMILES string of the molecule is CNS(=O)(=O)c1ccc(C(=O)Nc2ccc3c4c(cccc24)CC3)o1. The molecule has 0 fully saturated rings. The molecule has 0 saturated heterocycles. The van der Waals surface area contributed by atoms with E-state index in [0.717, 1.165) is 18.2 Å². The van der Waals surface area contributed by atoms with Crippen molar-refractivity contribution in [3.8, 4) is 0 Å². The van der Waals surface area contributed by atoms with Crippen molar-refractivity contribution in [2.24, 2.45) is 0 Å². The van der Waals surface area contributed by atoms with Crippen LogP contribution in [0.2, 0.25) is 0 Å². The number of hydrogen-bond acceptors (Lipinski definition) is 4. The van der Waals surface area contributed by atoms with Gasteiger partial charge in [-0.2, -0.15) is 0 Å². The van der Waals surface area contributed by atoms with E-state index in [4.69, 9.17) is 4.42 Å². The maximum absolute atomic E-state index is 12.5. The van der Waals surface area contributed by atoms with Gasteiger partial charge in [0.15, 0.2) is 5.76 Å². The predicted molar refractivity (Wildman–Crippen MR) is 94.3 cm³/mol. The Kier molecular flexibility index (Phi) is 3.63. The van der Waals surface area contributed by atoms with Crippen molar-refractivity contribution >= 4 is 32.4 Å². The highest BCUT2D eigenvalue weighted by atomic mass is 32.2. The normalized spacial score (nSPS) is 13.3. The zero-order valence-corrected chi connectivity index (χ0v) is 14.3. The fourth-order valence-electron chi connectivity index (χ4n) is 3.23. The minimum Gasteiger partial charge on any atom is -0.438 e. The van der Waals surface area contributed by atoms with Gasteiger partial charge in [-0.15, -0.1) is 0 Å². The number of carbonyl (C=O) groups excluding carboxylic acids is 1. The second-order valence-electron chi connectivity index (χ2n) is 5.89. The Morgan fingerprint density at radius 3 is 2.56 bits per heavy atom. The summed E-state index contributed by atoms with van der Waals surface area (Å²) in [6.45, 7) is 0. The first-order valence-electron chi connectivity index (χ1n) is 7.88. The molecule has 128 valence electrons. The van der Waals surface area contributed by atoms with E-state index in [9.17, 15) is 13.2 Å². The molecule has 4 rings (SSSR count). The Balaban J connectivity index is 1.68. The Labute approximate surface area is 144 Å². The van der Waals surface area contributed by atoms with E-state index in [1.54, 1.807) is 0 Å². The minimum absolute atomic E-state index is 0.0583. The van der Waals surface area contributed by atoms with E-state index in [1.807, 2.05) is 24.3 Å². The van der Waals surface area contributed by atoms with E-state index in [-0.39, 0.29) is 10.9 Å². The number of hydrogen-bond donors (Lipinski definition) is 2. The molecule has 1 aromatic heterocycles. The van der Waals surface area contributed by atoms with Crippen LogP contribution in [0.15, 0.2) is 52.0 Å². The lowest BCUT2D eigenvalue weighted by atomic mass is 10.0. The van der Waals surface area contributed by atoms with E-state index in [0.29, 0.717) is 5.69 Å². The highest BCUT2D eigenvalue weighted by Gasteiger charge is 2.21. The fourth-order valence-corrected chi connectivity index (χ4v) is 3.87. The van der Waals surface area contributed by atoms with Crippen LogP contribution in [0.4, 0.5) is 5.69 Å². The number of aryl methyl sites for hydroxylation is 2. The summed E-state index contributed by atoms with van der Waals surface area (Å²) >= 11 is 0. The number of carbonyl (C=O) groups is 1. The number of furan rings is 1. The van der Waals surface area contributed by atoms with Gasteiger partial charge in [-0.25, -0.2) is 13.1 Å². The quantitative estimate of drug-likeness (QED) is 0.752. The van der Waals surface area contributed by atoms with Gasteiger partial charge in [0.1, 0.15) is 0 Å². The zero-order chi connectivity index (χ0) is 17.6. The van der Waals surface area contributed by atoms with E-state index in [2.05, 4.69) is 16.1 Å². The number of rotatable bonds is 4. The Morgan fingerprint density at radius 2 is 1.80 bits per heavy atom. The Hall–Kier alpha value is -2.64. The van der Waals surface area contributed by atoms with Gasteiger partial charge in [-0.05, 0) is 54.6 Å². The largest absolute Gasteiger partial charge is 0.438 e. The van der Waals surface area contributed by atoms with Gasteiger partial charge in [0.05, 0.1) is 0 Å². The number of anilines is 1. The lowest BCUT2D eigenvalue weighted by molar-refractivity contribution is 0.0991. The third kappa shape index (κ3) is 2.61. The van der Waals surface area contributed by atoms with Crippen LogP contribution in [-0.2, 0) is 22.9 Å². The number of nitrogens with one attached hydrogen (secondary N) is 2. The van der Waals surface area contributed by atoms with Gasteiger partial charge >= 0.3 is 0 Å². The number of amides is 1. The summed E-state index contributed by atoms with van der Waals surface area (Å²) in [7, 11) is -2.44. The first-order chi connectivity index (χ1) is 12.0. The van der Waals surface area contributed by atoms with Crippen LogP contribution < -0.4 is 10.0 Å². The molecule has 6 nitrogen and oxygen atoms in total. The molecule has 0 radical (unpaired) electrons. The smallest absolute Gasteiger partial charge is 0.291 e. The van der Waals surface area contributed by atoms with Crippen molar-refractivity contribution in [1.29, 1.82) is 0 Å². The van der Waals surface area contributed by atoms with E-state index >= 15 is 0 Å². The topological polar surface area (TPSA) is 88.4 Å². The molecule has 0 bridgehead atoms. The van der Waals surface area contributed by atoms with Crippen molar-refractivity contribution in [1.82, 2.24) is 4.72 Å². The summed E-state index contributed by atoms with van der Waals surface area (Å²) in [6, 6.07) is 12.6. The summed E-state index contributed by atoms with van der Waals surface area (Å²) in [6.07, 6.45) is 2.01. The molecular formula is C18H16N2O4S. The van der Waals surface area contributed by atoms with Crippen molar-refractivity contribution in [2.75, 3.05) is 12.4 Å². The zero-order valence-electron chi connectivity index (χ0n) is 13.5. The lowest BCUT2D eigenvalue weighted by Gasteiger charge is -2.09. The van der Waals surface area contributed by atoms with Gasteiger partial charge in [0.2, 0.25) is 5.09 Å². The van der Waals surface area contributed by atoms with Gasteiger partial charge < -0.3 is 9.73 Å². The Morgan fingerprint density at radius 1 is 1.04 bits per heavy atom. The molecule has 3 aromatic rings. The van der Waals surface area contributed by atoms with Gasteiger partial charge in [0, 0.05) is 11.1 Å².